The molecule has 2 unspecified atom stereocenters. The largest absolute Gasteiger partial charge is 0.376 e. The number of piperidine rings is 1. The Labute approximate surface area is 208 Å². The summed E-state index contributed by atoms with van der Waals surface area (Å²) in [7, 11) is -3.59. The molecule has 0 spiro atoms. The summed E-state index contributed by atoms with van der Waals surface area (Å²) in [5, 5.41) is 2.43. The summed E-state index contributed by atoms with van der Waals surface area (Å²) in [6.45, 7) is 5.90. The molecule has 10 heteroatoms. The zero-order chi connectivity index (χ0) is 23.9. The lowest BCUT2D eigenvalue weighted by Crippen LogP contribution is -2.48. The molecule has 5 rings (SSSR count). The second-order valence-electron chi connectivity index (χ2n) is 9.14. The van der Waals surface area contributed by atoms with Crippen molar-refractivity contribution in [3.63, 3.8) is 0 Å². The minimum absolute atomic E-state index is 0.0201. The Morgan fingerprint density at radius 2 is 2.12 bits per heavy atom. The number of thiophene rings is 1. The predicted molar refractivity (Wildman–Crippen MR) is 136 cm³/mol. The fourth-order valence-electron chi connectivity index (χ4n) is 4.85. The average Bonchev–Trinajstić information content (AvgIpc) is 3.59. The van der Waals surface area contributed by atoms with Crippen LogP contribution in [0.25, 0.3) is 10.2 Å². The van der Waals surface area contributed by atoms with E-state index in [0.717, 1.165) is 28.6 Å². The standard InChI is InChI=1S/C24H29N3O4S3/c1-16-12-17(2)22-20(13-16)33-24(25-22)27(15-19-7-4-10-31-19)23(28)18-6-3-9-26(14-18)34(29,30)21-8-5-11-32-21/h5,8,11-13,18-19H,3-4,6-7,9-10,14-15H2,1-2H3. The van der Waals surface area contributed by atoms with E-state index >= 15 is 0 Å². The summed E-state index contributed by atoms with van der Waals surface area (Å²) in [5.41, 5.74) is 3.17. The minimum Gasteiger partial charge on any atom is -0.376 e. The topological polar surface area (TPSA) is 79.8 Å². The molecule has 0 saturated carbocycles. The third-order valence-corrected chi connectivity index (χ3v) is 10.8. The first kappa shape index (κ1) is 23.9. The number of sulfonamides is 1. The third kappa shape index (κ3) is 4.66. The van der Waals surface area contributed by atoms with Crippen molar-refractivity contribution in [3.05, 3.63) is 40.8 Å². The molecular weight excluding hydrogens is 490 g/mol. The fourth-order valence-corrected chi connectivity index (χ4v) is 8.67. The van der Waals surface area contributed by atoms with Gasteiger partial charge in [-0.1, -0.05) is 23.5 Å². The number of aromatic nitrogens is 1. The van der Waals surface area contributed by atoms with Crippen molar-refractivity contribution in [2.24, 2.45) is 5.92 Å². The minimum atomic E-state index is -3.59. The molecule has 2 atom stereocenters. The fraction of sp³-hybridized carbons (Fsp3) is 0.500. The Balaban J connectivity index is 1.44. The van der Waals surface area contributed by atoms with Gasteiger partial charge in [0, 0.05) is 19.7 Å². The first-order valence-electron chi connectivity index (χ1n) is 11.7. The highest BCUT2D eigenvalue weighted by molar-refractivity contribution is 7.91. The van der Waals surface area contributed by atoms with Gasteiger partial charge < -0.3 is 4.74 Å². The van der Waals surface area contributed by atoms with E-state index < -0.39 is 15.9 Å². The van der Waals surface area contributed by atoms with E-state index in [0.29, 0.717) is 41.9 Å². The molecule has 1 amide bonds. The number of aryl methyl sites for hydroxylation is 2. The number of ether oxygens (including phenoxy) is 1. The molecule has 0 radical (unpaired) electrons. The van der Waals surface area contributed by atoms with Crippen LogP contribution in [0.5, 0.6) is 0 Å². The van der Waals surface area contributed by atoms with Crippen LogP contribution in [0, 0.1) is 19.8 Å². The van der Waals surface area contributed by atoms with E-state index in [2.05, 4.69) is 19.1 Å². The van der Waals surface area contributed by atoms with Crippen LogP contribution < -0.4 is 4.90 Å². The Morgan fingerprint density at radius 3 is 2.85 bits per heavy atom. The van der Waals surface area contributed by atoms with Crippen molar-refractivity contribution < 1.29 is 17.9 Å². The van der Waals surface area contributed by atoms with Crippen LogP contribution in [0.15, 0.2) is 33.9 Å². The number of carbonyl (C=O) groups is 1. The van der Waals surface area contributed by atoms with E-state index in [4.69, 9.17) is 9.72 Å². The van der Waals surface area contributed by atoms with E-state index in [-0.39, 0.29) is 18.6 Å². The van der Waals surface area contributed by atoms with Gasteiger partial charge in [0.05, 0.1) is 28.8 Å². The number of hydrogen-bond acceptors (Lipinski definition) is 7. The van der Waals surface area contributed by atoms with Crippen LogP contribution in [0.3, 0.4) is 0 Å². The number of benzene rings is 1. The van der Waals surface area contributed by atoms with Gasteiger partial charge in [0.15, 0.2) is 5.13 Å². The number of hydrogen-bond donors (Lipinski definition) is 0. The van der Waals surface area contributed by atoms with Crippen LogP contribution in [0.1, 0.15) is 36.8 Å². The Morgan fingerprint density at radius 1 is 1.26 bits per heavy atom. The molecule has 2 saturated heterocycles. The molecule has 34 heavy (non-hydrogen) atoms. The van der Waals surface area contributed by atoms with E-state index in [1.165, 1.54) is 32.5 Å². The molecule has 2 aromatic heterocycles. The summed E-state index contributed by atoms with van der Waals surface area (Å²) < 4.78 is 34.9. The average molecular weight is 520 g/mol. The van der Waals surface area contributed by atoms with Gasteiger partial charge in [0.25, 0.3) is 10.0 Å². The first-order chi connectivity index (χ1) is 16.3. The summed E-state index contributed by atoms with van der Waals surface area (Å²) in [6, 6.07) is 7.58. The molecule has 182 valence electrons. The second kappa shape index (κ2) is 9.66. The highest BCUT2D eigenvalue weighted by Gasteiger charge is 2.37. The monoisotopic (exact) mass is 519 g/mol. The highest BCUT2D eigenvalue weighted by atomic mass is 32.2. The summed E-state index contributed by atoms with van der Waals surface area (Å²) >= 11 is 2.73. The summed E-state index contributed by atoms with van der Waals surface area (Å²) in [6.07, 6.45) is 3.21. The first-order valence-corrected chi connectivity index (χ1v) is 14.8. The number of rotatable bonds is 6. The van der Waals surface area contributed by atoms with Crippen molar-refractivity contribution in [1.82, 2.24) is 9.29 Å². The van der Waals surface area contributed by atoms with Crippen LogP contribution in [0.2, 0.25) is 0 Å². The van der Waals surface area contributed by atoms with E-state index in [1.54, 1.807) is 22.4 Å². The SMILES string of the molecule is Cc1cc(C)c2nc(N(CC3CCCO3)C(=O)C3CCCN(S(=O)(=O)c4cccs4)C3)sc2c1. The number of anilines is 1. The lowest BCUT2D eigenvalue weighted by atomic mass is 9.98. The number of nitrogens with zero attached hydrogens (tertiary/aromatic N) is 3. The molecule has 2 fully saturated rings. The van der Waals surface area contributed by atoms with Gasteiger partial charge in [0.2, 0.25) is 5.91 Å². The lowest BCUT2D eigenvalue weighted by Gasteiger charge is -2.34. The van der Waals surface area contributed by atoms with Gasteiger partial charge in [0.1, 0.15) is 4.21 Å². The van der Waals surface area contributed by atoms with Crippen molar-refractivity contribution in [2.45, 2.75) is 49.8 Å². The van der Waals surface area contributed by atoms with Gasteiger partial charge >= 0.3 is 0 Å². The van der Waals surface area contributed by atoms with Crippen molar-refractivity contribution in [2.75, 3.05) is 31.1 Å². The second-order valence-corrected chi connectivity index (χ2v) is 13.3. The van der Waals surface area contributed by atoms with E-state index in [9.17, 15) is 13.2 Å². The molecule has 0 aliphatic carbocycles. The number of fused-ring (bicyclic) bond motifs is 1. The Bertz CT molecular complexity index is 1280. The predicted octanol–water partition coefficient (Wildman–Crippen LogP) is 4.59. The molecule has 3 aromatic rings. The molecule has 2 aliphatic heterocycles. The van der Waals surface area contributed by atoms with Gasteiger partial charge in [-0.3, -0.25) is 9.69 Å². The zero-order valence-corrected chi connectivity index (χ0v) is 21.8. The van der Waals surface area contributed by atoms with Crippen LogP contribution in [0.4, 0.5) is 5.13 Å². The summed E-state index contributed by atoms with van der Waals surface area (Å²) in [5.74, 6) is -0.463. The lowest BCUT2D eigenvalue weighted by molar-refractivity contribution is -0.123. The number of amides is 1. The van der Waals surface area contributed by atoms with Gasteiger partial charge in [-0.05, 0) is 68.2 Å². The third-order valence-electron chi connectivity index (χ3n) is 6.55. The van der Waals surface area contributed by atoms with Crippen molar-refractivity contribution >= 4 is 54.0 Å². The van der Waals surface area contributed by atoms with Crippen molar-refractivity contribution in [3.8, 4) is 0 Å². The smallest absolute Gasteiger partial charge is 0.252 e. The highest BCUT2D eigenvalue weighted by Crippen LogP contribution is 2.35. The van der Waals surface area contributed by atoms with Crippen LogP contribution in [-0.2, 0) is 19.6 Å². The Hall–Kier alpha value is -1.85. The normalized spacial score (nSPS) is 21.8. The molecule has 4 heterocycles. The molecular formula is C24H29N3O4S3. The van der Waals surface area contributed by atoms with Crippen LogP contribution in [-0.4, -0.2) is 56.0 Å². The van der Waals surface area contributed by atoms with Gasteiger partial charge in [-0.25, -0.2) is 13.4 Å². The molecule has 0 bridgehead atoms. The molecule has 0 N–H and O–H groups in total. The van der Waals surface area contributed by atoms with Crippen LogP contribution >= 0.6 is 22.7 Å². The van der Waals surface area contributed by atoms with Gasteiger partial charge in [-0.2, -0.15) is 4.31 Å². The van der Waals surface area contributed by atoms with Gasteiger partial charge in [-0.15, -0.1) is 11.3 Å². The maximum atomic E-state index is 13.9. The maximum absolute atomic E-state index is 13.9. The zero-order valence-electron chi connectivity index (χ0n) is 19.4. The Kier molecular flexibility index (Phi) is 6.78. The number of carbonyl (C=O) groups excluding carboxylic acids is 1. The quantitative estimate of drug-likeness (QED) is 0.476. The molecule has 7 nitrogen and oxygen atoms in total. The van der Waals surface area contributed by atoms with Crippen molar-refractivity contribution in [1.29, 1.82) is 0 Å². The van der Waals surface area contributed by atoms with E-state index in [1.807, 2.05) is 6.92 Å². The molecule has 1 aromatic carbocycles. The number of thiazole rings is 1. The molecule has 2 aliphatic rings. The maximum Gasteiger partial charge on any atom is 0.252 e. The summed E-state index contributed by atoms with van der Waals surface area (Å²) in [4.78, 5) is 20.5.